The summed E-state index contributed by atoms with van der Waals surface area (Å²) < 4.78 is 7.55. The first kappa shape index (κ1) is 20.2. The van der Waals surface area contributed by atoms with E-state index in [0.717, 1.165) is 42.3 Å². The van der Waals surface area contributed by atoms with E-state index in [9.17, 15) is 4.79 Å². The molecule has 0 radical (unpaired) electrons. The van der Waals surface area contributed by atoms with Gasteiger partial charge in [-0.3, -0.25) is 4.79 Å². The fourth-order valence-corrected chi connectivity index (χ4v) is 3.92. The molecular weight excluding hydrogens is 368 g/mol. The highest BCUT2D eigenvalue weighted by molar-refractivity contribution is 7.10. The quantitative estimate of drug-likeness (QED) is 0.484. The molecule has 5 heteroatoms. The van der Waals surface area contributed by atoms with Crippen molar-refractivity contribution in [2.24, 2.45) is 0 Å². The largest absolute Gasteiger partial charge is 0.497 e. The summed E-state index contributed by atoms with van der Waals surface area (Å²) in [4.78, 5) is 16.0. The van der Waals surface area contributed by atoms with Gasteiger partial charge in [-0.2, -0.15) is 0 Å². The van der Waals surface area contributed by atoms with Crippen molar-refractivity contribution in [3.05, 3.63) is 76.2 Å². The molecule has 3 aromatic rings. The van der Waals surface area contributed by atoms with E-state index in [4.69, 9.17) is 4.74 Å². The van der Waals surface area contributed by atoms with Crippen LogP contribution in [0.2, 0.25) is 0 Å². The van der Waals surface area contributed by atoms with Crippen LogP contribution in [0.3, 0.4) is 0 Å². The first-order chi connectivity index (χ1) is 13.7. The number of benzene rings is 1. The fraction of sp³-hybridized carbons (Fsp3) is 0.348. The van der Waals surface area contributed by atoms with Crippen molar-refractivity contribution in [2.75, 3.05) is 13.7 Å². The van der Waals surface area contributed by atoms with Crippen molar-refractivity contribution in [1.82, 2.24) is 9.47 Å². The summed E-state index contributed by atoms with van der Waals surface area (Å²) >= 11 is 1.64. The lowest BCUT2D eigenvalue weighted by Gasteiger charge is -2.23. The van der Waals surface area contributed by atoms with E-state index < -0.39 is 0 Å². The van der Waals surface area contributed by atoms with E-state index >= 15 is 0 Å². The average Bonchev–Trinajstić information content (AvgIpc) is 3.37. The van der Waals surface area contributed by atoms with Gasteiger partial charge in [-0.05, 0) is 47.7 Å². The molecule has 0 spiro atoms. The van der Waals surface area contributed by atoms with Crippen LogP contribution in [0.1, 0.15) is 35.9 Å². The minimum Gasteiger partial charge on any atom is -0.497 e. The first-order valence-electron chi connectivity index (χ1n) is 9.76. The van der Waals surface area contributed by atoms with E-state index in [1.165, 1.54) is 5.56 Å². The zero-order valence-corrected chi connectivity index (χ0v) is 17.5. The molecule has 0 fully saturated rings. The molecule has 2 heterocycles. The third-order valence-corrected chi connectivity index (χ3v) is 5.68. The van der Waals surface area contributed by atoms with E-state index in [-0.39, 0.29) is 5.91 Å². The number of unbranched alkanes of at least 4 members (excludes halogenated alkanes) is 1. The van der Waals surface area contributed by atoms with Gasteiger partial charge in [0.15, 0.2) is 0 Å². The molecule has 28 heavy (non-hydrogen) atoms. The van der Waals surface area contributed by atoms with Crippen molar-refractivity contribution in [2.45, 2.75) is 39.3 Å². The Kier molecular flexibility index (Phi) is 7.31. The van der Waals surface area contributed by atoms with Gasteiger partial charge in [0, 0.05) is 29.9 Å². The Morgan fingerprint density at radius 3 is 2.82 bits per heavy atom. The highest BCUT2D eigenvalue weighted by atomic mass is 32.1. The van der Waals surface area contributed by atoms with Crippen LogP contribution >= 0.6 is 11.3 Å². The maximum absolute atomic E-state index is 12.9. The minimum atomic E-state index is 0.199. The molecule has 148 valence electrons. The number of amides is 1. The van der Waals surface area contributed by atoms with Gasteiger partial charge < -0.3 is 14.2 Å². The molecule has 0 aliphatic heterocycles. The van der Waals surface area contributed by atoms with Crippen LogP contribution in [0.25, 0.3) is 0 Å². The van der Waals surface area contributed by atoms with Crippen molar-refractivity contribution in [1.29, 1.82) is 0 Å². The highest BCUT2D eigenvalue weighted by Gasteiger charge is 2.16. The molecule has 2 aromatic heterocycles. The number of carbonyl (C=O) groups is 1. The van der Waals surface area contributed by atoms with Gasteiger partial charge >= 0.3 is 0 Å². The zero-order chi connectivity index (χ0) is 19.8. The molecule has 0 N–H and O–H groups in total. The van der Waals surface area contributed by atoms with Crippen LogP contribution in [-0.2, 0) is 24.3 Å². The number of methoxy groups -OCH3 is 1. The third-order valence-electron chi connectivity index (χ3n) is 4.80. The van der Waals surface area contributed by atoms with Crippen LogP contribution in [0.5, 0.6) is 5.75 Å². The maximum atomic E-state index is 12.9. The van der Waals surface area contributed by atoms with Gasteiger partial charge in [0.1, 0.15) is 5.75 Å². The molecule has 1 aromatic carbocycles. The Hall–Kier alpha value is -2.53. The summed E-state index contributed by atoms with van der Waals surface area (Å²) in [6.07, 6.45) is 4.66. The van der Waals surface area contributed by atoms with E-state index in [1.807, 2.05) is 34.5 Å². The summed E-state index contributed by atoms with van der Waals surface area (Å²) in [5.41, 5.74) is 2.33. The van der Waals surface area contributed by atoms with Gasteiger partial charge in [0.2, 0.25) is 5.91 Å². The van der Waals surface area contributed by atoms with Crippen molar-refractivity contribution < 1.29 is 9.53 Å². The topological polar surface area (TPSA) is 34.5 Å². The predicted octanol–water partition coefficient (Wildman–Crippen LogP) is 4.98. The second-order valence-electron chi connectivity index (χ2n) is 6.90. The minimum absolute atomic E-state index is 0.199. The SMILES string of the molecule is CCCCN(Cc1cccn1Cc1cccc(OC)c1)C(=O)Cc1cccs1. The molecule has 0 saturated carbocycles. The Balaban J connectivity index is 1.72. The summed E-state index contributed by atoms with van der Waals surface area (Å²) in [6.45, 7) is 4.36. The smallest absolute Gasteiger partial charge is 0.228 e. The van der Waals surface area contributed by atoms with Gasteiger partial charge in [-0.25, -0.2) is 0 Å². The standard InChI is InChI=1S/C23H28N2O2S/c1-3-4-12-25(23(26)16-22-11-7-14-28-22)18-20-9-6-13-24(20)17-19-8-5-10-21(15-19)27-2/h5-11,13-15H,3-4,12,16-18H2,1-2H3. The zero-order valence-electron chi connectivity index (χ0n) is 16.6. The number of ether oxygens (including phenoxy) is 1. The Labute approximate surface area is 171 Å². The summed E-state index contributed by atoms with van der Waals surface area (Å²) in [5, 5.41) is 2.03. The molecule has 0 saturated heterocycles. The van der Waals surface area contributed by atoms with Crippen LogP contribution in [0, 0.1) is 0 Å². The van der Waals surface area contributed by atoms with Gasteiger partial charge in [-0.15, -0.1) is 11.3 Å². The lowest BCUT2D eigenvalue weighted by atomic mass is 10.2. The molecule has 0 unspecified atom stereocenters. The highest BCUT2D eigenvalue weighted by Crippen LogP contribution is 2.17. The van der Waals surface area contributed by atoms with E-state index in [2.05, 4.69) is 42.0 Å². The molecule has 4 nitrogen and oxygen atoms in total. The Morgan fingerprint density at radius 2 is 2.07 bits per heavy atom. The molecule has 3 rings (SSSR count). The Bertz CT molecular complexity index is 870. The second kappa shape index (κ2) is 10.1. The molecule has 0 aliphatic rings. The van der Waals surface area contributed by atoms with Crippen LogP contribution in [0.4, 0.5) is 0 Å². The second-order valence-corrected chi connectivity index (χ2v) is 7.94. The van der Waals surface area contributed by atoms with Crippen molar-refractivity contribution >= 4 is 17.2 Å². The average molecular weight is 397 g/mol. The van der Waals surface area contributed by atoms with E-state index in [0.29, 0.717) is 13.0 Å². The lowest BCUT2D eigenvalue weighted by molar-refractivity contribution is -0.131. The number of nitrogens with zero attached hydrogens (tertiary/aromatic N) is 2. The van der Waals surface area contributed by atoms with Gasteiger partial charge in [-0.1, -0.05) is 31.5 Å². The fourth-order valence-electron chi connectivity index (χ4n) is 3.23. The molecule has 0 atom stereocenters. The molecule has 0 aliphatic carbocycles. The van der Waals surface area contributed by atoms with Crippen LogP contribution in [0.15, 0.2) is 60.1 Å². The number of thiophene rings is 1. The monoisotopic (exact) mass is 396 g/mol. The normalized spacial score (nSPS) is 10.8. The third kappa shape index (κ3) is 5.49. The van der Waals surface area contributed by atoms with Crippen LogP contribution < -0.4 is 4.74 Å². The van der Waals surface area contributed by atoms with E-state index in [1.54, 1.807) is 18.4 Å². The molecule has 0 bridgehead atoms. The molecular formula is C23H28N2O2S. The lowest BCUT2D eigenvalue weighted by Crippen LogP contribution is -2.33. The van der Waals surface area contributed by atoms with Crippen molar-refractivity contribution in [3.8, 4) is 5.75 Å². The summed E-state index contributed by atoms with van der Waals surface area (Å²) in [6, 6.07) is 16.3. The van der Waals surface area contributed by atoms with Gasteiger partial charge in [0.25, 0.3) is 0 Å². The first-order valence-corrected chi connectivity index (χ1v) is 10.6. The molecule has 1 amide bonds. The Morgan fingerprint density at radius 1 is 1.18 bits per heavy atom. The number of rotatable bonds is 10. The van der Waals surface area contributed by atoms with Crippen molar-refractivity contribution in [3.63, 3.8) is 0 Å². The van der Waals surface area contributed by atoms with Gasteiger partial charge in [0.05, 0.1) is 20.1 Å². The van der Waals surface area contributed by atoms with Crippen LogP contribution in [-0.4, -0.2) is 29.0 Å². The summed E-state index contributed by atoms with van der Waals surface area (Å²) in [7, 11) is 1.69. The maximum Gasteiger partial charge on any atom is 0.228 e. The number of hydrogen-bond acceptors (Lipinski definition) is 3. The summed E-state index contributed by atoms with van der Waals surface area (Å²) in [5.74, 6) is 1.06. The number of carbonyl (C=O) groups excluding carboxylic acids is 1. The predicted molar refractivity (Wildman–Crippen MR) is 115 cm³/mol. The number of hydrogen-bond donors (Lipinski definition) is 0. The number of aromatic nitrogens is 1.